The van der Waals surface area contributed by atoms with Gasteiger partial charge in [0.05, 0.1) is 25.5 Å². The van der Waals surface area contributed by atoms with Gasteiger partial charge in [-0.2, -0.15) is 0 Å². The van der Waals surface area contributed by atoms with Gasteiger partial charge < -0.3 is 20.1 Å². The first-order chi connectivity index (χ1) is 13.1. The zero-order chi connectivity index (χ0) is 19.2. The van der Waals surface area contributed by atoms with E-state index in [-0.39, 0.29) is 5.91 Å². The van der Waals surface area contributed by atoms with Gasteiger partial charge in [-0.1, -0.05) is 11.6 Å². The number of ether oxygens (including phenoxy) is 2. The van der Waals surface area contributed by atoms with Crippen molar-refractivity contribution in [2.75, 3.05) is 24.9 Å². The van der Waals surface area contributed by atoms with Crippen LogP contribution in [0.25, 0.3) is 0 Å². The summed E-state index contributed by atoms with van der Waals surface area (Å²) in [4.78, 5) is 16.7. The summed E-state index contributed by atoms with van der Waals surface area (Å²) in [6.45, 7) is 0. The number of halogens is 1. The number of carbonyl (C=O) groups is 1. The van der Waals surface area contributed by atoms with E-state index in [4.69, 9.17) is 21.1 Å². The summed E-state index contributed by atoms with van der Waals surface area (Å²) < 4.78 is 10.4. The number of methoxy groups -OCH3 is 2. The third-order valence-electron chi connectivity index (χ3n) is 3.80. The summed E-state index contributed by atoms with van der Waals surface area (Å²) in [6, 6.07) is 15.9. The lowest BCUT2D eigenvalue weighted by Gasteiger charge is -2.12. The fourth-order valence-electron chi connectivity index (χ4n) is 2.38. The summed E-state index contributed by atoms with van der Waals surface area (Å²) in [5.74, 6) is 1.49. The summed E-state index contributed by atoms with van der Waals surface area (Å²) in [5, 5.41) is 6.61. The molecule has 0 atom stereocenters. The molecule has 2 aromatic carbocycles. The largest absolute Gasteiger partial charge is 0.497 e. The Morgan fingerprint density at radius 2 is 1.78 bits per heavy atom. The molecule has 138 valence electrons. The zero-order valence-electron chi connectivity index (χ0n) is 14.8. The Kier molecular flexibility index (Phi) is 5.78. The van der Waals surface area contributed by atoms with Crippen LogP contribution in [0.15, 0.2) is 60.8 Å². The van der Waals surface area contributed by atoms with Crippen molar-refractivity contribution in [2.24, 2.45) is 0 Å². The maximum absolute atomic E-state index is 12.5. The SMILES string of the molecule is COc1ccc(NC(=O)c2ccc(Nc3ccc(Cl)cc3)nc2)c(OC)c1. The highest BCUT2D eigenvalue weighted by Gasteiger charge is 2.11. The number of nitrogens with one attached hydrogen (secondary N) is 2. The van der Waals surface area contributed by atoms with Crippen molar-refractivity contribution in [3.05, 3.63) is 71.4 Å². The molecule has 0 saturated carbocycles. The van der Waals surface area contributed by atoms with Gasteiger partial charge >= 0.3 is 0 Å². The topological polar surface area (TPSA) is 72.5 Å². The van der Waals surface area contributed by atoms with E-state index < -0.39 is 0 Å². The van der Waals surface area contributed by atoms with E-state index >= 15 is 0 Å². The Hall–Kier alpha value is -3.25. The number of anilines is 3. The molecular weight excluding hydrogens is 366 g/mol. The van der Waals surface area contributed by atoms with Crippen LogP contribution >= 0.6 is 11.6 Å². The minimum atomic E-state index is -0.288. The van der Waals surface area contributed by atoms with Crippen LogP contribution in [-0.4, -0.2) is 25.1 Å². The monoisotopic (exact) mass is 383 g/mol. The van der Waals surface area contributed by atoms with Crippen molar-refractivity contribution in [3.8, 4) is 11.5 Å². The Morgan fingerprint density at radius 1 is 1.00 bits per heavy atom. The van der Waals surface area contributed by atoms with Crippen molar-refractivity contribution in [1.82, 2.24) is 4.98 Å². The minimum absolute atomic E-state index is 0.288. The van der Waals surface area contributed by atoms with Crippen LogP contribution in [0.4, 0.5) is 17.2 Å². The number of aromatic nitrogens is 1. The van der Waals surface area contributed by atoms with Gasteiger partial charge in [0.1, 0.15) is 17.3 Å². The Balaban J connectivity index is 1.69. The van der Waals surface area contributed by atoms with E-state index in [1.54, 1.807) is 49.6 Å². The highest BCUT2D eigenvalue weighted by atomic mass is 35.5. The Bertz CT molecular complexity index is 928. The first-order valence-corrected chi connectivity index (χ1v) is 8.49. The van der Waals surface area contributed by atoms with Crippen LogP contribution in [0, 0.1) is 0 Å². The minimum Gasteiger partial charge on any atom is -0.497 e. The highest BCUT2D eigenvalue weighted by molar-refractivity contribution is 6.30. The van der Waals surface area contributed by atoms with Gasteiger partial charge in [0.15, 0.2) is 0 Å². The Labute approximate surface area is 162 Å². The van der Waals surface area contributed by atoms with Gasteiger partial charge in [0.2, 0.25) is 0 Å². The molecule has 0 aliphatic heterocycles. The predicted octanol–water partition coefficient (Wildman–Crippen LogP) is 4.75. The summed E-state index contributed by atoms with van der Waals surface area (Å²) in [5.41, 5.74) is 1.83. The van der Waals surface area contributed by atoms with Gasteiger partial charge in [0, 0.05) is 23.0 Å². The quantitative estimate of drug-likeness (QED) is 0.642. The molecule has 7 heteroatoms. The number of pyridine rings is 1. The summed E-state index contributed by atoms with van der Waals surface area (Å²) in [7, 11) is 3.10. The van der Waals surface area contributed by atoms with Crippen LogP contribution in [-0.2, 0) is 0 Å². The molecular formula is C20H18ClN3O3. The molecule has 2 N–H and O–H groups in total. The smallest absolute Gasteiger partial charge is 0.257 e. The van der Waals surface area contributed by atoms with Crippen molar-refractivity contribution in [2.45, 2.75) is 0 Å². The van der Waals surface area contributed by atoms with Crippen molar-refractivity contribution >= 4 is 34.7 Å². The molecule has 1 aromatic heterocycles. The van der Waals surface area contributed by atoms with E-state index in [0.717, 1.165) is 5.69 Å². The third-order valence-corrected chi connectivity index (χ3v) is 4.05. The molecule has 0 spiro atoms. The molecule has 0 bridgehead atoms. The van der Waals surface area contributed by atoms with E-state index in [9.17, 15) is 4.79 Å². The van der Waals surface area contributed by atoms with E-state index in [1.165, 1.54) is 13.3 Å². The fourth-order valence-corrected chi connectivity index (χ4v) is 2.51. The van der Waals surface area contributed by atoms with E-state index in [2.05, 4.69) is 15.6 Å². The number of rotatable bonds is 6. The lowest BCUT2D eigenvalue weighted by molar-refractivity contribution is 0.102. The Morgan fingerprint density at radius 3 is 2.41 bits per heavy atom. The molecule has 1 heterocycles. The fraction of sp³-hybridized carbons (Fsp3) is 0.100. The average Bonchev–Trinajstić information content (AvgIpc) is 2.70. The van der Waals surface area contributed by atoms with Crippen LogP contribution in [0.2, 0.25) is 5.02 Å². The molecule has 27 heavy (non-hydrogen) atoms. The van der Waals surface area contributed by atoms with Crippen LogP contribution in [0.5, 0.6) is 11.5 Å². The number of hydrogen-bond acceptors (Lipinski definition) is 5. The molecule has 0 aliphatic carbocycles. The molecule has 3 rings (SSSR count). The molecule has 3 aromatic rings. The molecule has 0 fully saturated rings. The van der Waals surface area contributed by atoms with Crippen LogP contribution < -0.4 is 20.1 Å². The predicted molar refractivity (Wildman–Crippen MR) is 106 cm³/mol. The van der Waals surface area contributed by atoms with Gasteiger partial charge in [-0.3, -0.25) is 4.79 Å². The molecule has 0 unspecified atom stereocenters. The number of amides is 1. The second-order valence-corrected chi connectivity index (χ2v) is 6.02. The molecule has 6 nitrogen and oxygen atoms in total. The number of benzene rings is 2. The second-order valence-electron chi connectivity index (χ2n) is 5.58. The van der Waals surface area contributed by atoms with Crippen LogP contribution in [0.3, 0.4) is 0 Å². The van der Waals surface area contributed by atoms with Crippen molar-refractivity contribution < 1.29 is 14.3 Å². The molecule has 0 aliphatic rings. The first kappa shape index (κ1) is 18.5. The van der Waals surface area contributed by atoms with Gasteiger partial charge in [-0.05, 0) is 48.5 Å². The summed E-state index contributed by atoms with van der Waals surface area (Å²) in [6.07, 6.45) is 1.50. The zero-order valence-corrected chi connectivity index (χ0v) is 15.6. The average molecular weight is 384 g/mol. The third kappa shape index (κ3) is 4.68. The molecule has 0 radical (unpaired) electrons. The van der Waals surface area contributed by atoms with Crippen LogP contribution in [0.1, 0.15) is 10.4 Å². The number of nitrogens with zero attached hydrogens (tertiary/aromatic N) is 1. The first-order valence-electron chi connectivity index (χ1n) is 8.11. The van der Waals surface area contributed by atoms with Crippen molar-refractivity contribution in [3.63, 3.8) is 0 Å². The highest BCUT2D eigenvalue weighted by Crippen LogP contribution is 2.29. The maximum atomic E-state index is 12.5. The van der Waals surface area contributed by atoms with Gasteiger partial charge in [-0.25, -0.2) is 4.98 Å². The molecule has 0 saturated heterocycles. The van der Waals surface area contributed by atoms with E-state index in [1.807, 2.05) is 12.1 Å². The lowest BCUT2D eigenvalue weighted by atomic mass is 10.2. The standard InChI is InChI=1S/C20H18ClN3O3/c1-26-16-8-9-17(18(11-16)27-2)24-20(25)13-3-10-19(22-12-13)23-15-6-4-14(21)5-7-15/h3-12H,1-2H3,(H,22,23)(H,24,25). The lowest BCUT2D eigenvalue weighted by Crippen LogP contribution is -2.13. The maximum Gasteiger partial charge on any atom is 0.257 e. The second kappa shape index (κ2) is 8.42. The summed E-state index contributed by atoms with van der Waals surface area (Å²) >= 11 is 5.87. The molecule has 1 amide bonds. The van der Waals surface area contributed by atoms with Crippen molar-refractivity contribution in [1.29, 1.82) is 0 Å². The van der Waals surface area contributed by atoms with Gasteiger partial charge in [-0.15, -0.1) is 0 Å². The normalized spacial score (nSPS) is 10.2. The van der Waals surface area contributed by atoms with E-state index in [0.29, 0.717) is 33.6 Å². The number of carbonyl (C=O) groups excluding carboxylic acids is 1. The number of hydrogen-bond donors (Lipinski definition) is 2. The van der Waals surface area contributed by atoms with Gasteiger partial charge in [0.25, 0.3) is 5.91 Å².